The van der Waals surface area contributed by atoms with Crippen molar-refractivity contribution in [3.63, 3.8) is 0 Å². The van der Waals surface area contributed by atoms with Crippen molar-refractivity contribution >= 4 is 23.8 Å². The topological polar surface area (TPSA) is 123 Å². The van der Waals surface area contributed by atoms with Gasteiger partial charge in [-0.2, -0.15) is 5.10 Å². The minimum absolute atomic E-state index is 0.0725. The summed E-state index contributed by atoms with van der Waals surface area (Å²) in [7, 11) is 1.61. The van der Waals surface area contributed by atoms with Crippen LogP contribution in [0.1, 0.15) is 33.8 Å². The molecule has 174 valence electrons. The van der Waals surface area contributed by atoms with E-state index in [2.05, 4.69) is 27.9 Å². The van der Waals surface area contributed by atoms with E-state index in [4.69, 9.17) is 9.84 Å². The number of aryl methyl sites for hydroxylation is 1. The van der Waals surface area contributed by atoms with Crippen molar-refractivity contribution in [2.24, 2.45) is 18.9 Å². The van der Waals surface area contributed by atoms with Gasteiger partial charge in [0.1, 0.15) is 18.0 Å². The average molecular weight is 460 g/mol. The second-order valence-corrected chi connectivity index (χ2v) is 8.63. The number of carbonyl (C=O) groups excluding carboxylic acids is 2. The highest BCUT2D eigenvalue weighted by Crippen LogP contribution is 2.44. The number of nitrogens with one attached hydrogen (secondary N) is 2. The van der Waals surface area contributed by atoms with Crippen molar-refractivity contribution in [2.45, 2.75) is 12.3 Å². The first kappa shape index (κ1) is 21.7. The molecule has 1 saturated carbocycles. The standard InChI is InChI=1S/C25H24N4O5/c1-29-22(20(12-27-29)23(30)26-11-14-10-19(14)24(31)32)28-25(33)34-13-21-17-8-4-2-6-15(17)16-7-3-5-9-18(16)21/h2-9,12,14,19,21H,10-11,13H2,1H3,(H,26,30)(H,28,33)(H,31,32)/t14-,19-/m1/s1. The molecule has 2 atom stereocenters. The monoisotopic (exact) mass is 460 g/mol. The van der Waals surface area contributed by atoms with Crippen LogP contribution in [0, 0.1) is 11.8 Å². The van der Waals surface area contributed by atoms with Crippen molar-refractivity contribution in [3.05, 3.63) is 71.4 Å². The Kier molecular flexibility index (Phi) is 5.53. The number of anilines is 1. The van der Waals surface area contributed by atoms with Gasteiger partial charge in [-0.15, -0.1) is 0 Å². The summed E-state index contributed by atoms with van der Waals surface area (Å²) in [5.41, 5.74) is 4.68. The number of benzene rings is 2. The van der Waals surface area contributed by atoms with Crippen molar-refractivity contribution in [3.8, 4) is 11.1 Å². The zero-order chi connectivity index (χ0) is 23.8. The molecule has 0 bridgehead atoms. The number of amides is 2. The number of fused-ring (bicyclic) bond motifs is 3. The van der Waals surface area contributed by atoms with E-state index in [9.17, 15) is 14.4 Å². The molecule has 2 aliphatic rings. The third-order valence-corrected chi connectivity index (χ3v) is 6.51. The Morgan fingerprint density at radius 1 is 1.09 bits per heavy atom. The van der Waals surface area contributed by atoms with Gasteiger partial charge in [0.15, 0.2) is 0 Å². The molecule has 0 saturated heterocycles. The maximum absolute atomic E-state index is 12.6. The molecule has 0 unspecified atom stereocenters. The largest absolute Gasteiger partial charge is 0.481 e. The quantitative estimate of drug-likeness (QED) is 0.498. The summed E-state index contributed by atoms with van der Waals surface area (Å²) >= 11 is 0. The molecule has 3 N–H and O–H groups in total. The van der Waals surface area contributed by atoms with E-state index in [-0.39, 0.29) is 36.4 Å². The molecule has 0 spiro atoms. The van der Waals surface area contributed by atoms with Crippen LogP contribution in [-0.2, 0) is 16.6 Å². The number of carbonyl (C=O) groups is 3. The number of nitrogens with zero attached hydrogens (tertiary/aromatic N) is 2. The summed E-state index contributed by atoms with van der Waals surface area (Å²) in [6.07, 6.45) is 1.22. The van der Waals surface area contributed by atoms with Crippen molar-refractivity contribution in [2.75, 3.05) is 18.5 Å². The number of hydrogen-bond acceptors (Lipinski definition) is 5. The van der Waals surface area contributed by atoms with E-state index in [0.717, 1.165) is 22.3 Å². The minimum atomic E-state index is -0.849. The van der Waals surface area contributed by atoms with Gasteiger partial charge in [0, 0.05) is 19.5 Å². The van der Waals surface area contributed by atoms with E-state index in [1.807, 2.05) is 36.4 Å². The molecule has 0 radical (unpaired) electrons. The summed E-state index contributed by atoms with van der Waals surface area (Å²) in [6.45, 7) is 0.409. The molecule has 9 heteroatoms. The van der Waals surface area contributed by atoms with Crippen LogP contribution >= 0.6 is 0 Å². The fourth-order valence-corrected chi connectivity index (χ4v) is 4.58. The number of carboxylic acid groups (broad SMARTS) is 1. The Morgan fingerprint density at radius 2 is 1.74 bits per heavy atom. The molecule has 1 heterocycles. The highest BCUT2D eigenvalue weighted by Gasteiger charge is 2.43. The number of hydrogen-bond donors (Lipinski definition) is 3. The Morgan fingerprint density at radius 3 is 2.35 bits per heavy atom. The second kappa shape index (κ2) is 8.66. The summed E-state index contributed by atoms with van der Waals surface area (Å²) in [5.74, 6) is -1.63. The van der Waals surface area contributed by atoms with Crippen molar-refractivity contribution < 1.29 is 24.2 Å². The molecule has 9 nitrogen and oxygen atoms in total. The fraction of sp³-hybridized carbons (Fsp3) is 0.280. The molecule has 3 aromatic rings. The molecule has 2 aromatic carbocycles. The predicted molar refractivity (Wildman–Crippen MR) is 123 cm³/mol. The van der Waals surface area contributed by atoms with E-state index >= 15 is 0 Å². The lowest BCUT2D eigenvalue weighted by Gasteiger charge is -2.15. The highest BCUT2D eigenvalue weighted by molar-refractivity contribution is 6.01. The number of rotatable bonds is 7. The lowest BCUT2D eigenvalue weighted by molar-refractivity contribution is -0.138. The lowest BCUT2D eigenvalue weighted by Crippen LogP contribution is -2.28. The molecule has 1 fully saturated rings. The van der Waals surface area contributed by atoms with E-state index < -0.39 is 23.9 Å². The van der Waals surface area contributed by atoms with Gasteiger partial charge in [-0.05, 0) is 34.6 Å². The molecular formula is C25H24N4O5. The Labute approximate surface area is 195 Å². The van der Waals surface area contributed by atoms with Crippen LogP contribution in [0.3, 0.4) is 0 Å². The summed E-state index contributed by atoms with van der Waals surface area (Å²) < 4.78 is 6.95. The molecule has 2 amide bonds. The smallest absolute Gasteiger partial charge is 0.412 e. The molecular weight excluding hydrogens is 436 g/mol. The number of carboxylic acids is 1. The van der Waals surface area contributed by atoms with Crippen LogP contribution in [-0.4, -0.2) is 46.0 Å². The molecule has 5 rings (SSSR count). The zero-order valence-corrected chi connectivity index (χ0v) is 18.5. The van der Waals surface area contributed by atoms with Gasteiger partial charge in [0.25, 0.3) is 5.91 Å². The normalized spacial score (nSPS) is 18.0. The van der Waals surface area contributed by atoms with Crippen LogP contribution in [0.5, 0.6) is 0 Å². The van der Waals surface area contributed by atoms with Crippen LogP contribution < -0.4 is 10.6 Å². The van der Waals surface area contributed by atoms with Crippen LogP contribution in [0.15, 0.2) is 54.7 Å². The van der Waals surface area contributed by atoms with Crippen molar-refractivity contribution in [1.29, 1.82) is 0 Å². The first-order valence-electron chi connectivity index (χ1n) is 11.1. The minimum Gasteiger partial charge on any atom is -0.481 e. The number of ether oxygens (including phenoxy) is 1. The van der Waals surface area contributed by atoms with Gasteiger partial charge in [-0.3, -0.25) is 19.6 Å². The summed E-state index contributed by atoms with van der Waals surface area (Å²) in [6, 6.07) is 16.1. The second-order valence-electron chi connectivity index (χ2n) is 8.63. The molecule has 1 aromatic heterocycles. The molecule has 0 aliphatic heterocycles. The third-order valence-electron chi connectivity index (χ3n) is 6.51. The highest BCUT2D eigenvalue weighted by atomic mass is 16.5. The SMILES string of the molecule is Cn1ncc(C(=O)NC[C@H]2C[C@H]2C(=O)O)c1NC(=O)OCC1c2ccccc2-c2ccccc21. The van der Waals surface area contributed by atoms with Crippen LogP contribution in [0.4, 0.5) is 10.6 Å². The van der Waals surface area contributed by atoms with E-state index in [0.29, 0.717) is 6.42 Å². The third kappa shape index (κ3) is 4.00. The van der Waals surface area contributed by atoms with Gasteiger partial charge in [-0.1, -0.05) is 48.5 Å². The maximum atomic E-state index is 12.6. The van der Waals surface area contributed by atoms with Crippen molar-refractivity contribution in [1.82, 2.24) is 15.1 Å². The first-order valence-corrected chi connectivity index (χ1v) is 11.1. The van der Waals surface area contributed by atoms with Gasteiger partial charge < -0.3 is 15.2 Å². The Balaban J connectivity index is 1.23. The van der Waals surface area contributed by atoms with Gasteiger partial charge in [0.05, 0.1) is 12.1 Å². The fourth-order valence-electron chi connectivity index (χ4n) is 4.58. The maximum Gasteiger partial charge on any atom is 0.412 e. The molecule has 34 heavy (non-hydrogen) atoms. The van der Waals surface area contributed by atoms with Gasteiger partial charge in [0.2, 0.25) is 0 Å². The van der Waals surface area contributed by atoms with Gasteiger partial charge in [-0.25, -0.2) is 4.79 Å². The molecule has 2 aliphatic carbocycles. The summed E-state index contributed by atoms with van der Waals surface area (Å²) in [5, 5.41) is 18.4. The lowest BCUT2D eigenvalue weighted by atomic mass is 9.98. The van der Waals surface area contributed by atoms with E-state index in [1.165, 1.54) is 10.9 Å². The number of aliphatic carboxylic acids is 1. The zero-order valence-electron chi connectivity index (χ0n) is 18.5. The predicted octanol–water partition coefficient (Wildman–Crippen LogP) is 3.23. The van der Waals surface area contributed by atoms with Gasteiger partial charge >= 0.3 is 12.1 Å². The van der Waals surface area contributed by atoms with E-state index in [1.54, 1.807) is 7.05 Å². The average Bonchev–Trinajstić information content (AvgIpc) is 3.45. The Hall–Kier alpha value is -4.14. The first-order chi connectivity index (χ1) is 16.4. The summed E-state index contributed by atoms with van der Waals surface area (Å²) in [4.78, 5) is 36.2. The van der Waals surface area contributed by atoms with Crippen LogP contribution in [0.2, 0.25) is 0 Å². The van der Waals surface area contributed by atoms with Crippen LogP contribution in [0.25, 0.3) is 11.1 Å². The Bertz CT molecular complexity index is 1240. The number of aromatic nitrogens is 2.